The summed E-state index contributed by atoms with van der Waals surface area (Å²) in [5.74, 6) is 0. The van der Waals surface area contributed by atoms with Gasteiger partial charge in [-0.2, -0.15) is 10.3 Å². The number of nitriles is 1. The van der Waals surface area contributed by atoms with Gasteiger partial charge in [-0.25, -0.2) is 9.78 Å². The zero-order valence-corrected chi connectivity index (χ0v) is 20.8. The highest BCUT2D eigenvalue weighted by Gasteiger charge is 2.26. The van der Waals surface area contributed by atoms with E-state index in [2.05, 4.69) is 34.3 Å². The van der Waals surface area contributed by atoms with Crippen molar-refractivity contribution in [2.24, 2.45) is 4.99 Å². The van der Waals surface area contributed by atoms with Crippen LogP contribution in [0, 0.1) is 11.3 Å². The molecule has 1 aliphatic heterocycles. The van der Waals surface area contributed by atoms with Crippen molar-refractivity contribution >= 4 is 28.7 Å². The first-order valence-electron chi connectivity index (χ1n) is 12.0. The summed E-state index contributed by atoms with van der Waals surface area (Å²) in [5, 5.41) is 10.5. The van der Waals surface area contributed by atoms with Crippen LogP contribution in [0.3, 0.4) is 0 Å². The molecule has 180 valence electrons. The number of hydrogen-bond acceptors (Lipinski definition) is 6. The van der Waals surface area contributed by atoms with Crippen LogP contribution in [-0.2, 0) is 15.9 Å². The fraction of sp³-hybridized carbons (Fsp3) is 0.407. The predicted octanol–water partition coefficient (Wildman–Crippen LogP) is 5.03. The molecule has 1 fully saturated rings. The molecule has 1 saturated heterocycles. The third-order valence-electron chi connectivity index (χ3n) is 6.40. The van der Waals surface area contributed by atoms with E-state index in [4.69, 9.17) is 9.47 Å². The number of aliphatic imine (C=N–C) groups is 1. The van der Waals surface area contributed by atoms with Crippen LogP contribution in [0.25, 0.3) is 16.0 Å². The number of amides is 2. The topological polar surface area (TPSA) is 87.8 Å². The summed E-state index contributed by atoms with van der Waals surface area (Å²) >= 11 is 1.62. The number of ether oxygens (including phenoxy) is 2. The highest BCUT2D eigenvalue weighted by atomic mass is 32.1. The number of morpholine rings is 1. The Labute approximate surface area is 209 Å². The molecule has 2 aliphatic carbocycles. The Morgan fingerprint density at radius 3 is 2.86 bits per heavy atom. The van der Waals surface area contributed by atoms with Gasteiger partial charge in [0, 0.05) is 30.4 Å². The number of hydrogen-bond donors (Lipinski definition) is 0. The Kier molecular flexibility index (Phi) is 6.91. The molecular formula is C27H28N4O3S. The fourth-order valence-corrected chi connectivity index (χ4v) is 5.70. The number of urea groups is 1. The van der Waals surface area contributed by atoms with Gasteiger partial charge in [0.25, 0.3) is 0 Å². The van der Waals surface area contributed by atoms with Crippen LogP contribution < -0.4 is 0 Å². The van der Waals surface area contributed by atoms with Crippen LogP contribution in [0.2, 0.25) is 0 Å². The third-order valence-corrected chi connectivity index (χ3v) is 7.48. The van der Waals surface area contributed by atoms with Gasteiger partial charge >= 0.3 is 6.03 Å². The minimum atomic E-state index is -0.196. The van der Waals surface area contributed by atoms with Crippen LogP contribution in [0.4, 0.5) is 4.79 Å². The van der Waals surface area contributed by atoms with Crippen molar-refractivity contribution < 1.29 is 14.3 Å². The summed E-state index contributed by atoms with van der Waals surface area (Å²) in [7, 11) is 0. The van der Waals surface area contributed by atoms with E-state index in [9.17, 15) is 10.1 Å². The fourth-order valence-electron chi connectivity index (χ4n) is 4.72. The average molecular weight is 489 g/mol. The van der Waals surface area contributed by atoms with Crippen molar-refractivity contribution in [2.75, 3.05) is 26.3 Å². The van der Waals surface area contributed by atoms with Crippen molar-refractivity contribution in [3.8, 4) is 16.5 Å². The van der Waals surface area contributed by atoms with Crippen molar-refractivity contribution in [3.63, 3.8) is 0 Å². The molecule has 3 aliphatic rings. The quantitative estimate of drug-likeness (QED) is 0.602. The molecule has 2 amide bonds. The normalized spacial score (nSPS) is 21.0. The van der Waals surface area contributed by atoms with Gasteiger partial charge in [0.05, 0.1) is 47.7 Å². The van der Waals surface area contributed by atoms with Gasteiger partial charge in [-0.1, -0.05) is 24.3 Å². The number of carbonyl (C=O) groups is 1. The van der Waals surface area contributed by atoms with E-state index in [0.717, 1.165) is 45.1 Å². The smallest absolute Gasteiger partial charge is 0.343 e. The molecule has 1 aromatic carbocycles. The van der Waals surface area contributed by atoms with Crippen molar-refractivity contribution in [1.29, 1.82) is 5.26 Å². The number of carbonyl (C=O) groups excluding carboxylic acids is 1. The van der Waals surface area contributed by atoms with Crippen molar-refractivity contribution in [1.82, 2.24) is 9.88 Å². The van der Waals surface area contributed by atoms with E-state index >= 15 is 0 Å². The SMILES string of the molecule is CC(C)OC1CC=C(c2ncc(-c3cccc4c3CCC4=NC(=O)N3CCOCC3)s2)C=C1C#N. The van der Waals surface area contributed by atoms with Crippen molar-refractivity contribution in [3.05, 3.63) is 58.3 Å². The lowest BCUT2D eigenvalue weighted by Crippen LogP contribution is -2.39. The van der Waals surface area contributed by atoms with Crippen LogP contribution in [-0.4, -0.2) is 60.1 Å². The Bertz CT molecular complexity index is 1260. The maximum atomic E-state index is 12.7. The molecule has 0 radical (unpaired) electrons. The Hall–Kier alpha value is -3.12. The van der Waals surface area contributed by atoms with Crippen LogP contribution in [0.1, 0.15) is 42.8 Å². The highest BCUT2D eigenvalue weighted by molar-refractivity contribution is 7.16. The van der Waals surface area contributed by atoms with Gasteiger partial charge < -0.3 is 14.4 Å². The molecule has 5 rings (SSSR count). The van der Waals surface area contributed by atoms with E-state index in [-0.39, 0.29) is 18.2 Å². The summed E-state index contributed by atoms with van der Waals surface area (Å²) in [5.41, 5.74) is 5.86. The number of benzene rings is 1. The first-order chi connectivity index (χ1) is 17.0. The largest absolute Gasteiger partial charge is 0.378 e. The molecule has 7 nitrogen and oxygen atoms in total. The van der Waals surface area contributed by atoms with Crippen LogP contribution in [0.5, 0.6) is 0 Å². The lowest BCUT2D eigenvalue weighted by Gasteiger charge is -2.24. The lowest BCUT2D eigenvalue weighted by atomic mass is 9.97. The molecule has 2 aromatic rings. The molecule has 8 heteroatoms. The molecule has 0 spiro atoms. The molecule has 1 aromatic heterocycles. The van der Waals surface area contributed by atoms with Gasteiger partial charge in [0.1, 0.15) is 5.01 Å². The van der Waals surface area contributed by atoms with E-state index in [1.165, 1.54) is 5.56 Å². The summed E-state index contributed by atoms with van der Waals surface area (Å²) in [4.78, 5) is 24.6. The molecule has 1 atom stereocenters. The maximum Gasteiger partial charge on any atom is 0.343 e. The van der Waals surface area contributed by atoms with E-state index in [1.54, 1.807) is 16.2 Å². The van der Waals surface area contributed by atoms with Gasteiger partial charge in [0.15, 0.2) is 0 Å². The van der Waals surface area contributed by atoms with Crippen molar-refractivity contribution in [2.45, 2.75) is 45.3 Å². The maximum absolute atomic E-state index is 12.7. The summed E-state index contributed by atoms with van der Waals surface area (Å²) in [6.45, 7) is 6.28. The molecule has 2 heterocycles. The lowest BCUT2D eigenvalue weighted by molar-refractivity contribution is 0.0327. The number of aromatic nitrogens is 1. The van der Waals surface area contributed by atoms with Crippen LogP contribution >= 0.6 is 11.3 Å². The monoisotopic (exact) mass is 488 g/mol. The molecular weight excluding hydrogens is 460 g/mol. The van der Waals surface area contributed by atoms with E-state index in [1.807, 2.05) is 32.2 Å². The molecule has 35 heavy (non-hydrogen) atoms. The van der Waals surface area contributed by atoms with Gasteiger partial charge in [-0.15, -0.1) is 11.3 Å². The predicted molar refractivity (Wildman–Crippen MR) is 136 cm³/mol. The second-order valence-electron chi connectivity index (χ2n) is 9.08. The Morgan fingerprint density at radius 2 is 2.09 bits per heavy atom. The molecule has 0 bridgehead atoms. The first-order valence-corrected chi connectivity index (χ1v) is 12.9. The molecule has 0 saturated carbocycles. The number of rotatable bonds is 4. The zero-order valence-electron chi connectivity index (χ0n) is 20.0. The number of fused-ring (bicyclic) bond motifs is 1. The Balaban J connectivity index is 1.38. The van der Waals surface area contributed by atoms with E-state index < -0.39 is 0 Å². The van der Waals surface area contributed by atoms with Gasteiger partial charge in [-0.05, 0) is 50.3 Å². The summed E-state index contributed by atoms with van der Waals surface area (Å²) < 4.78 is 11.2. The van der Waals surface area contributed by atoms with Gasteiger partial charge in [0.2, 0.25) is 0 Å². The second-order valence-corrected chi connectivity index (χ2v) is 10.1. The standard InChI is InChI=1S/C27H28N4O3S/c1-17(2)34-24-9-6-18(14-19(24)15-28)26-29-16-25(35-26)22-5-3-4-21-20(22)7-8-23(21)30-27(32)31-10-12-33-13-11-31/h3-6,14,16-17,24H,7-13H2,1-2H3. The summed E-state index contributed by atoms with van der Waals surface area (Å²) in [6, 6.07) is 8.31. The second kappa shape index (κ2) is 10.2. The Morgan fingerprint density at radius 1 is 1.29 bits per heavy atom. The van der Waals surface area contributed by atoms with Gasteiger partial charge in [-0.3, -0.25) is 0 Å². The number of thiazole rings is 1. The number of allylic oxidation sites excluding steroid dienone is 2. The van der Waals surface area contributed by atoms with E-state index in [0.29, 0.717) is 38.3 Å². The first kappa shape index (κ1) is 23.6. The minimum Gasteiger partial charge on any atom is -0.378 e. The van der Waals surface area contributed by atoms with Crippen LogP contribution in [0.15, 0.2) is 47.1 Å². The number of nitrogens with zero attached hydrogens (tertiary/aromatic N) is 4. The average Bonchev–Trinajstić information content (AvgIpc) is 3.52. The third kappa shape index (κ3) is 4.98. The zero-order chi connectivity index (χ0) is 24.4. The highest BCUT2D eigenvalue weighted by Crippen LogP contribution is 2.38. The minimum absolute atomic E-state index is 0.0657. The molecule has 1 unspecified atom stereocenters. The summed E-state index contributed by atoms with van der Waals surface area (Å²) in [6.07, 6.45) is 8.05. The molecule has 0 N–H and O–H groups in total.